The number of nitrogens with zero attached hydrogens (tertiary/aromatic N) is 1. The molecule has 0 radical (unpaired) electrons. The molecule has 2 bridgehead atoms. The van der Waals surface area contributed by atoms with Gasteiger partial charge in [-0.3, -0.25) is 9.59 Å². The summed E-state index contributed by atoms with van der Waals surface area (Å²) in [7, 11) is 0.389. The van der Waals surface area contributed by atoms with Gasteiger partial charge < -0.3 is 42.9 Å². The molecule has 3 aliphatic carbocycles. The van der Waals surface area contributed by atoms with Crippen LogP contribution in [0.1, 0.15) is 72.2 Å². The molecular weight excluding hydrogens is 719 g/mol. The van der Waals surface area contributed by atoms with Crippen molar-refractivity contribution in [3.8, 4) is 0 Å². The van der Waals surface area contributed by atoms with Crippen molar-refractivity contribution in [2.45, 2.75) is 128 Å². The second-order valence-corrected chi connectivity index (χ2v) is 21.0. The van der Waals surface area contributed by atoms with Crippen molar-refractivity contribution in [3.63, 3.8) is 0 Å². The van der Waals surface area contributed by atoms with Crippen molar-refractivity contribution in [2.75, 3.05) is 20.7 Å². The van der Waals surface area contributed by atoms with E-state index in [2.05, 4.69) is 20.8 Å². The molecule has 5 aliphatic rings. The quantitative estimate of drug-likeness (QED) is 0.155. The van der Waals surface area contributed by atoms with E-state index in [1.54, 1.807) is 58.0 Å². The second-order valence-electron chi connectivity index (χ2n) is 16.3. The summed E-state index contributed by atoms with van der Waals surface area (Å²) >= 11 is 0. The molecule has 2 aliphatic heterocycles. The van der Waals surface area contributed by atoms with E-state index in [1.807, 2.05) is 0 Å². The minimum atomic E-state index is -2.57. The van der Waals surface area contributed by atoms with Gasteiger partial charge in [-0.1, -0.05) is 52.8 Å². The van der Waals surface area contributed by atoms with Crippen LogP contribution in [-0.4, -0.2) is 117 Å². The summed E-state index contributed by atoms with van der Waals surface area (Å²) < 4.78 is 44.7. The van der Waals surface area contributed by atoms with Crippen LogP contribution in [0.25, 0.3) is 0 Å². The highest BCUT2D eigenvalue weighted by molar-refractivity contribution is 6.73. The molecule has 2 unspecified atom stereocenters. The first-order chi connectivity index (χ1) is 25.3. The molecule has 1 aromatic carbocycles. The van der Waals surface area contributed by atoms with Crippen LogP contribution in [0, 0.1) is 16.7 Å². The molecule has 1 amide bonds. The van der Waals surface area contributed by atoms with Gasteiger partial charge in [0.25, 0.3) is 0 Å². The average Bonchev–Trinajstić information content (AvgIpc) is 3.50. The van der Waals surface area contributed by atoms with Gasteiger partial charge in [0.15, 0.2) is 38.0 Å². The lowest BCUT2D eigenvalue weighted by Gasteiger charge is -2.68. The van der Waals surface area contributed by atoms with Crippen LogP contribution < -0.4 is 0 Å². The minimum absolute atomic E-state index is 0.116. The maximum absolute atomic E-state index is 16.0. The van der Waals surface area contributed by atoms with Gasteiger partial charge in [-0.2, -0.15) is 0 Å². The molecule has 15 heteroatoms. The maximum Gasteiger partial charge on any atom is 0.509 e. The highest BCUT2D eigenvalue weighted by Crippen LogP contribution is 2.67. The normalized spacial score (nSPS) is 36.5. The van der Waals surface area contributed by atoms with Gasteiger partial charge in [-0.15, -0.1) is 0 Å². The lowest BCUT2D eigenvalue weighted by atomic mass is 9.44. The van der Waals surface area contributed by atoms with Gasteiger partial charge in [0.1, 0.15) is 12.2 Å². The number of Topliss-reactive ketones (excluding diaryl/α,β-unsaturated/α-hetero) is 1. The highest BCUT2D eigenvalue weighted by atomic mass is 28.4. The van der Waals surface area contributed by atoms with Crippen molar-refractivity contribution < 1.29 is 61.9 Å². The Labute approximate surface area is 316 Å². The summed E-state index contributed by atoms with van der Waals surface area (Å²) in [5, 5.41) is 12.1. The van der Waals surface area contributed by atoms with Crippen LogP contribution in [0.4, 0.5) is 9.59 Å². The molecular formula is C39H53NO13Si. The number of carbonyl (C=O) groups excluding carboxylic acids is 5. The van der Waals surface area contributed by atoms with Crippen LogP contribution in [0.2, 0.25) is 18.1 Å². The van der Waals surface area contributed by atoms with Gasteiger partial charge in [-0.25, -0.2) is 14.4 Å². The Morgan fingerprint density at radius 1 is 1.00 bits per heavy atom. The third-order valence-electron chi connectivity index (χ3n) is 13.3. The first-order valence-corrected chi connectivity index (χ1v) is 21.3. The van der Waals surface area contributed by atoms with E-state index in [9.17, 15) is 24.3 Å². The largest absolute Gasteiger partial charge is 0.509 e. The fourth-order valence-electron chi connectivity index (χ4n) is 10.1. The molecule has 0 aromatic heterocycles. The van der Waals surface area contributed by atoms with E-state index in [0.29, 0.717) is 0 Å². The van der Waals surface area contributed by atoms with E-state index in [1.165, 1.54) is 25.9 Å². The van der Waals surface area contributed by atoms with Crippen LogP contribution in [-0.2, 0) is 42.4 Å². The summed E-state index contributed by atoms with van der Waals surface area (Å²) in [6.45, 7) is 13.8. The molecule has 296 valence electrons. The van der Waals surface area contributed by atoms with Gasteiger partial charge in [-0.05, 0) is 55.3 Å². The fraction of sp³-hybridized carbons (Fsp3) is 0.667. The van der Waals surface area contributed by atoms with Crippen LogP contribution in [0.5, 0.6) is 0 Å². The average molecular weight is 772 g/mol. The standard InChI is InChI=1S/C39H53NO13Si/c1-11-54(12-2,13-3)53-24-19-25-38(20-47-25,51-22(5)41)29-32(49-33(44)23-17-15-14-16-18-23)39-31(50-35(46)52-39)27(42)21(4)26(36(39,6)7)28(30(43)37(24,29)8)48-34(45)40(9)10/h14-18,24-25,27-29,31-32,42H,11-13,19-20H2,1-10H3/t24-,25+,27+,28+,29?,31-,32?,37+,38-,39+/m0/s1. The summed E-state index contributed by atoms with van der Waals surface area (Å²) in [5.41, 5.74) is -6.47. The number of hydrogen-bond acceptors (Lipinski definition) is 13. The molecule has 6 rings (SSSR count). The van der Waals surface area contributed by atoms with Crippen molar-refractivity contribution in [3.05, 3.63) is 47.0 Å². The number of aliphatic hydroxyl groups excluding tert-OH is 1. The van der Waals surface area contributed by atoms with E-state index in [4.69, 9.17) is 32.8 Å². The molecule has 14 nitrogen and oxygen atoms in total. The van der Waals surface area contributed by atoms with Crippen molar-refractivity contribution >= 4 is 38.3 Å². The van der Waals surface area contributed by atoms with Crippen LogP contribution >= 0.6 is 0 Å². The molecule has 2 saturated carbocycles. The minimum Gasteiger partial charge on any atom is -0.454 e. The Bertz CT molecular complexity index is 1730. The predicted molar refractivity (Wildman–Crippen MR) is 194 cm³/mol. The smallest absolute Gasteiger partial charge is 0.454 e. The lowest BCUT2D eigenvalue weighted by molar-refractivity contribution is -0.344. The van der Waals surface area contributed by atoms with Gasteiger partial charge in [0.2, 0.25) is 5.60 Å². The van der Waals surface area contributed by atoms with Crippen molar-refractivity contribution in [2.24, 2.45) is 16.7 Å². The maximum atomic E-state index is 16.0. The summed E-state index contributed by atoms with van der Waals surface area (Å²) in [6, 6.07) is 10.3. The number of amides is 1. The monoisotopic (exact) mass is 771 g/mol. The number of carbonyl (C=O) groups is 5. The molecule has 1 spiro atoms. The third kappa shape index (κ3) is 5.54. The van der Waals surface area contributed by atoms with Crippen LogP contribution in [0.15, 0.2) is 41.5 Å². The number of benzene rings is 1. The molecule has 1 N–H and O–H groups in total. The Hall–Kier alpha value is -3.79. The summed E-state index contributed by atoms with van der Waals surface area (Å²) in [6.07, 6.45) is -10.00. The molecule has 4 fully saturated rings. The Balaban J connectivity index is 1.75. The molecule has 1 aromatic rings. The number of hydrogen-bond donors (Lipinski definition) is 1. The van der Waals surface area contributed by atoms with E-state index in [-0.39, 0.29) is 29.7 Å². The van der Waals surface area contributed by atoms with E-state index < -0.39 is 103 Å². The third-order valence-corrected chi connectivity index (χ3v) is 17.9. The lowest BCUT2D eigenvalue weighted by Crippen LogP contribution is -2.83. The Morgan fingerprint density at radius 3 is 2.17 bits per heavy atom. The highest BCUT2D eigenvalue weighted by Gasteiger charge is 2.83. The number of rotatable bonds is 9. The number of fused-ring (bicyclic) bond motifs is 4. The number of aliphatic hydroxyl groups is 1. The van der Waals surface area contributed by atoms with Gasteiger partial charge >= 0.3 is 24.2 Å². The SMILES string of the molecule is CC[Si](CC)(CC)O[C@H]1C[C@H]2OC[C@@]2(OC(C)=O)C2C(OC(=O)c3ccccc3)[C@]34OC(=O)O[C@H]3[C@H](O)C(C)=C([C@@H](OC(=O)N(C)C)C(=O)[C@@]21C)C4(C)C. The zero-order chi connectivity index (χ0) is 39.8. The first-order valence-electron chi connectivity index (χ1n) is 18.8. The second kappa shape index (κ2) is 13.7. The van der Waals surface area contributed by atoms with Crippen LogP contribution in [0.3, 0.4) is 0 Å². The number of esters is 2. The van der Waals surface area contributed by atoms with Crippen molar-refractivity contribution in [1.29, 1.82) is 0 Å². The predicted octanol–water partition coefficient (Wildman–Crippen LogP) is 4.97. The topological polar surface area (TPSA) is 173 Å². The van der Waals surface area contributed by atoms with E-state index >= 15 is 4.79 Å². The Morgan fingerprint density at radius 2 is 1.63 bits per heavy atom. The number of ketones is 1. The molecule has 54 heavy (non-hydrogen) atoms. The van der Waals surface area contributed by atoms with Crippen molar-refractivity contribution in [1.82, 2.24) is 4.90 Å². The molecule has 2 heterocycles. The molecule has 2 saturated heterocycles. The molecule has 10 atom stereocenters. The van der Waals surface area contributed by atoms with Gasteiger partial charge in [0, 0.05) is 32.9 Å². The zero-order valence-electron chi connectivity index (χ0n) is 32.8. The van der Waals surface area contributed by atoms with Gasteiger partial charge in [0.05, 0.1) is 29.6 Å². The van der Waals surface area contributed by atoms with E-state index in [0.717, 1.165) is 18.1 Å². The summed E-state index contributed by atoms with van der Waals surface area (Å²) in [4.78, 5) is 72.0. The Kier molecular flexibility index (Phi) is 10.2. The number of ether oxygens (including phenoxy) is 6. The summed E-state index contributed by atoms with van der Waals surface area (Å²) in [5.74, 6) is -3.47. The zero-order valence-corrected chi connectivity index (χ0v) is 33.8. The fourth-order valence-corrected chi connectivity index (χ4v) is 13.1. The first kappa shape index (κ1) is 39.9.